The van der Waals surface area contributed by atoms with E-state index < -0.39 is 0 Å². The molecular weight excluding hydrogens is 240 g/mol. The monoisotopic (exact) mass is 260 g/mol. The lowest BCUT2D eigenvalue weighted by atomic mass is 10.0. The van der Waals surface area contributed by atoms with Gasteiger partial charge in [-0.3, -0.25) is 10.5 Å². The summed E-state index contributed by atoms with van der Waals surface area (Å²) in [6, 6.07) is 7.80. The number of hydrogen-bond acceptors (Lipinski definition) is 4. The van der Waals surface area contributed by atoms with Gasteiger partial charge in [-0.1, -0.05) is 25.1 Å². The van der Waals surface area contributed by atoms with E-state index >= 15 is 0 Å². The topological polar surface area (TPSA) is 65.1 Å². The number of ether oxygens (including phenoxy) is 1. The number of nitrogens with zero attached hydrogens (tertiary/aromatic N) is 2. The van der Waals surface area contributed by atoms with E-state index in [2.05, 4.69) is 17.4 Å². The normalized spacial score (nSPS) is 12.4. The van der Waals surface area contributed by atoms with Crippen LogP contribution in [0.4, 0.5) is 0 Å². The predicted molar refractivity (Wildman–Crippen MR) is 74.6 cm³/mol. The number of hydrazine groups is 1. The molecule has 0 bridgehead atoms. The summed E-state index contributed by atoms with van der Waals surface area (Å²) in [5, 5.41) is 4.18. The van der Waals surface area contributed by atoms with Gasteiger partial charge in [0.25, 0.3) is 0 Å². The first-order valence-corrected chi connectivity index (χ1v) is 6.42. The molecule has 0 aliphatic heterocycles. The van der Waals surface area contributed by atoms with Gasteiger partial charge in [-0.05, 0) is 12.5 Å². The first-order chi connectivity index (χ1) is 9.26. The highest BCUT2D eigenvalue weighted by molar-refractivity contribution is 5.40. The van der Waals surface area contributed by atoms with Crippen LogP contribution in [0, 0.1) is 0 Å². The molecule has 0 aliphatic rings. The molecule has 1 unspecified atom stereocenters. The lowest BCUT2D eigenvalue weighted by Gasteiger charge is -2.18. The van der Waals surface area contributed by atoms with Gasteiger partial charge in [0.1, 0.15) is 5.75 Å². The standard InChI is InChI=1S/C14H20N4O/c1-3-8-19-13-7-5-4-6-12(13)14(17-15)11-9-16-18(2)10-11/h4-7,9-10,14,17H,3,8,15H2,1-2H3. The highest BCUT2D eigenvalue weighted by Crippen LogP contribution is 2.29. The number of nitrogens with one attached hydrogen (secondary N) is 1. The Morgan fingerprint density at radius 1 is 1.42 bits per heavy atom. The number of aromatic nitrogens is 2. The fraction of sp³-hybridized carbons (Fsp3) is 0.357. The lowest BCUT2D eigenvalue weighted by Crippen LogP contribution is -2.29. The van der Waals surface area contributed by atoms with Crippen molar-refractivity contribution in [2.45, 2.75) is 19.4 Å². The fourth-order valence-corrected chi connectivity index (χ4v) is 2.02. The van der Waals surface area contributed by atoms with Gasteiger partial charge in [0, 0.05) is 24.4 Å². The Morgan fingerprint density at radius 3 is 2.84 bits per heavy atom. The molecule has 102 valence electrons. The molecule has 1 aromatic carbocycles. The first kappa shape index (κ1) is 13.6. The maximum atomic E-state index is 5.77. The van der Waals surface area contributed by atoms with Gasteiger partial charge in [-0.25, -0.2) is 5.43 Å². The Labute approximate surface area is 113 Å². The second-order valence-corrected chi connectivity index (χ2v) is 4.43. The van der Waals surface area contributed by atoms with Gasteiger partial charge in [0.2, 0.25) is 0 Å². The van der Waals surface area contributed by atoms with Crippen LogP contribution in [0.15, 0.2) is 36.7 Å². The number of rotatable bonds is 6. The van der Waals surface area contributed by atoms with Crippen LogP contribution in [0.1, 0.15) is 30.5 Å². The molecule has 0 saturated heterocycles. The van der Waals surface area contributed by atoms with Crippen molar-refractivity contribution in [2.24, 2.45) is 12.9 Å². The number of hydrogen-bond donors (Lipinski definition) is 2. The molecule has 5 nitrogen and oxygen atoms in total. The first-order valence-electron chi connectivity index (χ1n) is 6.42. The molecule has 2 rings (SSSR count). The minimum atomic E-state index is -0.123. The molecule has 0 spiro atoms. The van der Waals surface area contributed by atoms with Crippen LogP contribution >= 0.6 is 0 Å². The molecule has 0 amide bonds. The molecule has 2 aromatic rings. The van der Waals surface area contributed by atoms with Crippen LogP contribution in [0.5, 0.6) is 5.75 Å². The molecule has 1 heterocycles. The minimum Gasteiger partial charge on any atom is -0.493 e. The zero-order valence-corrected chi connectivity index (χ0v) is 11.3. The highest BCUT2D eigenvalue weighted by atomic mass is 16.5. The van der Waals surface area contributed by atoms with Gasteiger partial charge in [-0.15, -0.1) is 0 Å². The van der Waals surface area contributed by atoms with Crippen LogP contribution in [0.2, 0.25) is 0 Å². The zero-order valence-electron chi connectivity index (χ0n) is 11.3. The van der Waals surface area contributed by atoms with Gasteiger partial charge in [-0.2, -0.15) is 5.10 Å². The average molecular weight is 260 g/mol. The van der Waals surface area contributed by atoms with E-state index in [1.165, 1.54) is 0 Å². The quantitative estimate of drug-likeness (QED) is 0.613. The van der Waals surface area contributed by atoms with Crippen molar-refractivity contribution in [1.29, 1.82) is 0 Å². The van der Waals surface area contributed by atoms with Crippen LogP contribution in [0.25, 0.3) is 0 Å². The molecule has 5 heteroatoms. The summed E-state index contributed by atoms with van der Waals surface area (Å²) in [6.45, 7) is 2.78. The summed E-state index contributed by atoms with van der Waals surface area (Å²) in [5.41, 5.74) is 4.86. The van der Waals surface area contributed by atoms with E-state index in [4.69, 9.17) is 10.6 Å². The third-order valence-corrected chi connectivity index (χ3v) is 2.92. The van der Waals surface area contributed by atoms with Crippen molar-refractivity contribution >= 4 is 0 Å². The molecule has 0 fully saturated rings. The summed E-state index contributed by atoms with van der Waals surface area (Å²) >= 11 is 0. The van der Waals surface area contributed by atoms with Gasteiger partial charge >= 0.3 is 0 Å². The Balaban J connectivity index is 2.32. The van der Waals surface area contributed by atoms with Crippen LogP contribution in [-0.2, 0) is 7.05 Å². The summed E-state index contributed by atoms with van der Waals surface area (Å²) < 4.78 is 7.53. The van der Waals surface area contributed by atoms with E-state index in [9.17, 15) is 0 Å². The molecule has 3 N–H and O–H groups in total. The third-order valence-electron chi connectivity index (χ3n) is 2.92. The molecule has 1 aromatic heterocycles. The van der Waals surface area contributed by atoms with Gasteiger partial charge < -0.3 is 4.74 Å². The summed E-state index contributed by atoms with van der Waals surface area (Å²) in [6.07, 6.45) is 4.73. The maximum Gasteiger partial charge on any atom is 0.124 e. The fourth-order valence-electron chi connectivity index (χ4n) is 2.02. The van der Waals surface area contributed by atoms with E-state index in [0.29, 0.717) is 6.61 Å². The summed E-state index contributed by atoms with van der Waals surface area (Å²) in [5.74, 6) is 6.56. The van der Waals surface area contributed by atoms with Crippen molar-refractivity contribution in [3.05, 3.63) is 47.8 Å². The predicted octanol–water partition coefficient (Wildman–Crippen LogP) is 1.76. The summed E-state index contributed by atoms with van der Waals surface area (Å²) in [4.78, 5) is 0. The molecule has 19 heavy (non-hydrogen) atoms. The van der Waals surface area contributed by atoms with Crippen molar-refractivity contribution in [3.8, 4) is 5.75 Å². The smallest absolute Gasteiger partial charge is 0.124 e. The van der Waals surface area contributed by atoms with Crippen LogP contribution in [0.3, 0.4) is 0 Å². The summed E-state index contributed by atoms with van der Waals surface area (Å²) in [7, 11) is 1.89. The third kappa shape index (κ3) is 3.13. The number of aryl methyl sites for hydroxylation is 1. The van der Waals surface area contributed by atoms with Gasteiger partial charge in [0.15, 0.2) is 0 Å². The molecule has 0 saturated carbocycles. The van der Waals surface area contributed by atoms with E-state index in [1.54, 1.807) is 10.9 Å². The number of para-hydroxylation sites is 1. The van der Waals surface area contributed by atoms with E-state index in [1.807, 2.05) is 37.5 Å². The van der Waals surface area contributed by atoms with Crippen molar-refractivity contribution in [1.82, 2.24) is 15.2 Å². The molecule has 0 radical (unpaired) electrons. The van der Waals surface area contributed by atoms with Crippen molar-refractivity contribution < 1.29 is 4.74 Å². The Bertz CT molecular complexity index is 524. The second kappa shape index (κ2) is 6.36. The van der Waals surface area contributed by atoms with Crippen molar-refractivity contribution in [2.75, 3.05) is 6.61 Å². The Hall–Kier alpha value is -1.85. The lowest BCUT2D eigenvalue weighted by molar-refractivity contribution is 0.311. The minimum absolute atomic E-state index is 0.123. The zero-order chi connectivity index (χ0) is 13.7. The van der Waals surface area contributed by atoms with Crippen molar-refractivity contribution in [3.63, 3.8) is 0 Å². The Kier molecular flexibility index (Phi) is 4.54. The van der Waals surface area contributed by atoms with Crippen LogP contribution in [-0.4, -0.2) is 16.4 Å². The highest BCUT2D eigenvalue weighted by Gasteiger charge is 2.18. The second-order valence-electron chi connectivity index (χ2n) is 4.43. The van der Waals surface area contributed by atoms with Gasteiger partial charge in [0.05, 0.1) is 18.8 Å². The molecule has 1 atom stereocenters. The number of benzene rings is 1. The molecular formula is C14H20N4O. The largest absolute Gasteiger partial charge is 0.493 e. The van der Waals surface area contributed by atoms with Crippen LogP contribution < -0.4 is 16.0 Å². The SMILES string of the molecule is CCCOc1ccccc1C(NN)c1cnn(C)c1. The molecule has 0 aliphatic carbocycles. The van der Waals surface area contributed by atoms with E-state index in [-0.39, 0.29) is 6.04 Å². The maximum absolute atomic E-state index is 5.77. The Morgan fingerprint density at radius 2 is 2.21 bits per heavy atom. The van der Waals surface area contributed by atoms with E-state index in [0.717, 1.165) is 23.3 Å². The average Bonchev–Trinajstić information content (AvgIpc) is 2.85. The number of nitrogens with two attached hydrogens (primary N) is 1.